The number of Topliss-reactive ketones (excluding diaryl/α,β-unsaturated/α-hetero) is 1. The van der Waals surface area contributed by atoms with Gasteiger partial charge in [-0.05, 0) is 50.1 Å². The number of methoxy groups -OCH3 is 1. The van der Waals surface area contributed by atoms with Crippen LogP contribution in [0.4, 0.5) is 11.4 Å². The number of sulfonamides is 2. The van der Waals surface area contributed by atoms with Gasteiger partial charge in [0.2, 0.25) is 26.0 Å². The molecule has 190 valence electrons. The Balaban J connectivity index is 1.88. The monoisotopic (exact) mass is 523 g/mol. The van der Waals surface area contributed by atoms with Crippen LogP contribution in [0, 0.1) is 0 Å². The molecule has 1 saturated heterocycles. The van der Waals surface area contributed by atoms with Crippen LogP contribution in [0.25, 0.3) is 0 Å². The summed E-state index contributed by atoms with van der Waals surface area (Å²) in [6.45, 7) is 1.62. The molecule has 0 bridgehead atoms. The molecule has 35 heavy (non-hydrogen) atoms. The summed E-state index contributed by atoms with van der Waals surface area (Å²) in [6.07, 6.45) is 3.49. The molecule has 10 nitrogen and oxygen atoms in total. The highest BCUT2D eigenvalue weighted by molar-refractivity contribution is 7.92. The number of anilines is 2. The van der Waals surface area contributed by atoms with Crippen LogP contribution in [-0.4, -0.2) is 65.8 Å². The second-order valence-electron chi connectivity index (χ2n) is 8.25. The molecule has 3 rings (SSSR count). The minimum absolute atomic E-state index is 0.00429. The molecule has 0 spiro atoms. The van der Waals surface area contributed by atoms with E-state index in [9.17, 15) is 26.4 Å². The zero-order chi connectivity index (χ0) is 25.8. The van der Waals surface area contributed by atoms with Crippen molar-refractivity contribution in [1.82, 2.24) is 4.31 Å². The van der Waals surface area contributed by atoms with Gasteiger partial charge in [0, 0.05) is 18.7 Å². The lowest BCUT2D eigenvalue weighted by atomic mass is 10.1. The summed E-state index contributed by atoms with van der Waals surface area (Å²) < 4.78 is 58.5. The minimum atomic E-state index is -3.88. The zero-order valence-corrected chi connectivity index (χ0v) is 21.5. The van der Waals surface area contributed by atoms with Crippen molar-refractivity contribution in [3.05, 3.63) is 48.0 Å². The largest absolute Gasteiger partial charge is 0.495 e. The fourth-order valence-electron chi connectivity index (χ4n) is 3.80. The van der Waals surface area contributed by atoms with E-state index in [-0.39, 0.29) is 27.8 Å². The number of amides is 1. The van der Waals surface area contributed by atoms with Crippen molar-refractivity contribution in [3.8, 4) is 5.75 Å². The predicted octanol–water partition coefficient (Wildman–Crippen LogP) is 2.48. The van der Waals surface area contributed by atoms with Gasteiger partial charge in [0.1, 0.15) is 12.3 Å². The molecule has 12 heteroatoms. The van der Waals surface area contributed by atoms with E-state index in [1.54, 1.807) is 6.07 Å². The Labute approximate surface area is 206 Å². The van der Waals surface area contributed by atoms with Crippen LogP contribution in [-0.2, 0) is 24.8 Å². The molecule has 1 aliphatic heterocycles. The third kappa shape index (κ3) is 6.38. The van der Waals surface area contributed by atoms with Crippen molar-refractivity contribution in [1.29, 1.82) is 0 Å². The lowest BCUT2D eigenvalue weighted by Crippen LogP contribution is -2.37. The third-order valence-electron chi connectivity index (χ3n) is 5.63. The Morgan fingerprint density at radius 3 is 2.31 bits per heavy atom. The average Bonchev–Trinajstić information content (AvgIpc) is 2.82. The fraction of sp³-hybridized carbons (Fsp3) is 0.391. The number of hydrogen-bond donors (Lipinski definition) is 1. The average molecular weight is 524 g/mol. The number of ether oxygens (including phenoxy) is 1. The van der Waals surface area contributed by atoms with Crippen LogP contribution < -0.4 is 14.4 Å². The number of carbonyl (C=O) groups excluding carboxylic acids is 2. The van der Waals surface area contributed by atoms with Gasteiger partial charge in [-0.2, -0.15) is 4.31 Å². The van der Waals surface area contributed by atoms with E-state index >= 15 is 0 Å². The Kier molecular flexibility index (Phi) is 8.18. The Hall–Kier alpha value is -2.96. The van der Waals surface area contributed by atoms with Crippen molar-refractivity contribution < 1.29 is 31.2 Å². The third-order valence-corrected chi connectivity index (χ3v) is 8.66. The van der Waals surface area contributed by atoms with E-state index in [0.717, 1.165) is 29.8 Å². The lowest BCUT2D eigenvalue weighted by Gasteiger charge is -2.26. The van der Waals surface area contributed by atoms with Crippen LogP contribution in [0.1, 0.15) is 36.5 Å². The first-order valence-corrected chi connectivity index (χ1v) is 14.3. The number of ketones is 1. The van der Waals surface area contributed by atoms with Crippen molar-refractivity contribution in [2.24, 2.45) is 0 Å². The highest BCUT2D eigenvalue weighted by Gasteiger charge is 2.27. The summed E-state index contributed by atoms with van der Waals surface area (Å²) in [7, 11) is -6.27. The molecule has 0 aliphatic carbocycles. The summed E-state index contributed by atoms with van der Waals surface area (Å²) in [5.41, 5.74) is 0.555. The van der Waals surface area contributed by atoms with Gasteiger partial charge in [0.15, 0.2) is 5.78 Å². The second-order valence-corrected chi connectivity index (χ2v) is 12.1. The molecule has 2 aromatic carbocycles. The van der Waals surface area contributed by atoms with Gasteiger partial charge in [0.05, 0.1) is 29.6 Å². The summed E-state index contributed by atoms with van der Waals surface area (Å²) in [5, 5.41) is 2.57. The van der Waals surface area contributed by atoms with Crippen LogP contribution >= 0.6 is 0 Å². The van der Waals surface area contributed by atoms with E-state index in [1.165, 1.54) is 54.7 Å². The topological polar surface area (TPSA) is 130 Å². The maximum Gasteiger partial charge on any atom is 0.245 e. The van der Waals surface area contributed by atoms with Gasteiger partial charge in [-0.25, -0.2) is 16.8 Å². The van der Waals surface area contributed by atoms with E-state index in [4.69, 9.17) is 4.74 Å². The number of benzene rings is 2. The van der Waals surface area contributed by atoms with Gasteiger partial charge in [0.25, 0.3) is 0 Å². The highest BCUT2D eigenvalue weighted by Crippen LogP contribution is 2.30. The number of nitrogens with one attached hydrogen (secondary N) is 1. The van der Waals surface area contributed by atoms with Gasteiger partial charge < -0.3 is 10.1 Å². The van der Waals surface area contributed by atoms with E-state index in [0.29, 0.717) is 18.7 Å². The molecule has 1 amide bonds. The maximum absolute atomic E-state index is 13.1. The van der Waals surface area contributed by atoms with Crippen LogP contribution in [0.5, 0.6) is 5.75 Å². The number of nitrogens with zero attached hydrogens (tertiary/aromatic N) is 2. The quantitative estimate of drug-likeness (QED) is 0.500. The molecule has 2 aromatic rings. The Bertz CT molecular complexity index is 1320. The normalized spacial score (nSPS) is 14.8. The van der Waals surface area contributed by atoms with Crippen molar-refractivity contribution >= 4 is 43.1 Å². The number of piperidine rings is 1. The molecule has 1 fully saturated rings. The molecule has 1 heterocycles. The zero-order valence-electron chi connectivity index (χ0n) is 19.9. The summed E-state index contributed by atoms with van der Waals surface area (Å²) in [5.74, 6) is -0.740. The molecule has 0 aromatic heterocycles. The minimum Gasteiger partial charge on any atom is -0.495 e. The van der Waals surface area contributed by atoms with E-state index < -0.39 is 32.5 Å². The summed E-state index contributed by atoms with van der Waals surface area (Å²) in [4.78, 5) is 24.6. The SMILES string of the molecule is COc1ccc(S(=O)(=O)N2CCCCC2)cc1NC(=O)CN(c1cccc(C(C)=O)c1)S(C)(=O)=O. The van der Waals surface area contributed by atoms with Gasteiger partial charge in [-0.15, -0.1) is 0 Å². The molecule has 1 N–H and O–H groups in total. The van der Waals surface area contributed by atoms with Crippen molar-refractivity contribution in [3.63, 3.8) is 0 Å². The molecule has 0 atom stereocenters. The standard InChI is InChI=1S/C23H29N3O7S2/c1-17(27)18-8-7-9-19(14-18)26(34(3,29)30)16-23(28)24-21-15-20(10-11-22(21)33-2)35(31,32)25-12-5-4-6-13-25/h7-11,14-15H,4-6,12-13,16H2,1-3H3,(H,24,28). The molecule has 0 unspecified atom stereocenters. The van der Waals surface area contributed by atoms with Crippen LogP contribution in [0.2, 0.25) is 0 Å². The first kappa shape index (κ1) is 26.6. The van der Waals surface area contributed by atoms with E-state index in [2.05, 4.69) is 5.32 Å². The second kappa shape index (κ2) is 10.8. The fourth-order valence-corrected chi connectivity index (χ4v) is 6.19. The van der Waals surface area contributed by atoms with Gasteiger partial charge >= 0.3 is 0 Å². The molecule has 1 aliphatic rings. The molecular formula is C23H29N3O7S2. The molecule has 0 radical (unpaired) electrons. The summed E-state index contributed by atoms with van der Waals surface area (Å²) >= 11 is 0. The Morgan fingerprint density at radius 2 is 1.71 bits per heavy atom. The highest BCUT2D eigenvalue weighted by atomic mass is 32.2. The molecule has 0 saturated carbocycles. The van der Waals surface area contributed by atoms with E-state index in [1.807, 2.05) is 0 Å². The number of rotatable bonds is 9. The smallest absolute Gasteiger partial charge is 0.245 e. The Morgan fingerprint density at radius 1 is 1.03 bits per heavy atom. The predicted molar refractivity (Wildman–Crippen MR) is 133 cm³/mol. The van der Waals surface area contributed by atoms with Crippen molar-refractivity contribution in [2.75, 3.05) is 42.6 Å². The first-order valence-electron chi connectivity index (χ1n) is 11.0. The number of carbonyl (C=O) groups is 2. The molecular weight excluding hydrogens is 494 g/mol. The lowest BCUT2D eigenvalue weighted by molar-refractivity contribution is -0.114. The van der Waals surface area contributed by atoms with Crippen molar-refractivity contribution in [2.45, 2.75) is 31.1 Å². The summed E-state index contributed by atoms with van der Waals surface area (Å²) in [6, 6.07) is 10.1. The first-order chi connectivity index (χ1) is 16.4. The van der Waals surface area contributed by atoms with Gasteiger partial charge in [-0.3, -0.25) is 13.9 Å². The van der Waals surface area contributed by atoms with Gasteiger partial charge in [-0.1, -0.05) is 18.6 Å². The maximum atomic E-state index is 13.1. The number of hydrogen-bond acceptors (Lipinski definition) is 7. The van der Waals surface area contributed by atoms with Crippen LogP contribution in [0.3, 0.4) is 0 Å². The van der Waals surface area contributed by atoms with Crippen LogP contribution in [0.15, 0.2) is 47.4 Å².